The largest absolute Gasteiger partial charge is 0.488 e. The van der Waals surface area contributed by atoms with Gasteiger partial charge in [-0.25, -0.2) is 0 Å². The summed E-state index contributed by atoms with van der Waals surface area (Å²) in [6.45, 7) is -0.0566. The minimum absolute atomic E-state index is 0.185. The van der Waals surface area contributed by atoms with Crippen molar-refractivity contribution < 1.29 is 17.9 Å². The van der Waals surface area contributed by atoms with E-state index in [0.29, 0.717) is 18.8 Å². The van der Waals surface area contributed by atoms with Crippen LogP contribution in [0, 0.1) is 0 Å². The Labute approximate surface area is 118 Å². The van der Waals surface area contributed by atoms with Crippen molar-refractivity contribution >= 4 is 15.9 Å². The molecule has 1 saturated heterocycles. The van der Waals surface area contributed by atoms with Crippen molar-refractivity contribution in [2.45, 2.75) is 25.1 Å². The van der Waals surface area contributed by atoms with Gasteiger partial charge in [0.05, 0.1) is 11.0 Å². The van der Waals surface area contributed by atoms with Gasteiger partial charge in [0.2, 0.25) is 0 Å². The Morgan fingerprint density at radius 3 is 2.74 bits per heavy atom. The molecule has 6 heteroatoms. The molecule has 0 radical (unpaired) electrons. The van der Waals surface area contributed by atoms with Gasteiger partial charge in [-0.3, -0.25) is 4.90 Å². The van der Waals surface area contributed by atoms with Crippen LogP contribution in [0.25, 0.3) is 0 Å². The number of halogens is 4. The molecule has 19 heavy (non-hydrogen) atoms. The molecule has 1 aliphatic heterocycles. The van der Waals surface area contributed by atoms with E-state index in [1.54, 1.807) is 0 Å². The van der Waals surface area contributed by atoms with E-state index in [0.717, 1.165) is 17.3 Å². The molecule has 1 heterocycles. The van der Waals surface area contributed by atoms with E-state index >= 15 is 0 Å². The van der Waals surface area contributed by atoms with Crippen LogP contribution in [0.4, 0.5) is 13.2 Å². The van der Waals surface area contributed by atoms with Crippen LogP contribution >= 0.6 is 15.9 Å². The van der Waals surface area contributed by atoms with Crippen molar-refractivity contribution in [1.29, 1.82) is 0 Å². The Bertz CT molecular complexity index is 425. The van der Waals surface area contributed by atoms with Crippen molar-refractivity contribution in [3.05, 3.63) is 28.7 Å². The fourth-order valence-electron chi connectivity index (χ4n) is 2.23. The van der Waals surface area contributed by atoms with Gasteiger partial charge >= 0.3 is 6.18 Å². The molecular formula is C13H15BrF3NO. The van der Waals surface area contributed by atoms with Gasteiger partial charge in [-0.1, -0.05) is 12.1 Å². The van der Waals surface area contributed by atoms with Crippen LogP contribution in [0.3, 0.4) is 0 Å². The number of likely N-dealkylation sites (tertiary alicyclic amines) is 1. The monoisotopic (exact) mass is 337 g/mol. The smallest absolute Gasteiger partial charge is 0.401 e. The molecule has 1 aliphatic rings. The van der Waals surface area contributed by atoms with E-state index in [1.165, 1.54) is 4.90 Å². The molecule has 2 rings (SSSR count). The number of ether oxygens (including phenoxy) is 1. The Kier molecular flexibility index (Phi) is 4.73. The fraction of sp³-hybridized carbons (Fsp3) is 0.538. The molecule has 106 valence electrons. The van der Waals surface area contributed by atoms with Crippen LogP contribution in [-0.4, -0.2) is 36.8 Å². The fourth-order valence-corrected chi connectivity index (χ4v) is 2.60. The second kappa shape index (κ2) is 6.13. The molecule has 1 aromatic rings. The summed E-state index contributed by atoms with van der Waals surface area (Å²) in [4.78, 5) is 1.41. The number of benzene rings is 1. The number of rotatable bonds is 3. The average Bonchev–Trinajstić information content (AvgIpc) is 2.30. The molecule has 0 saturated carbocycles. The molecule has 2 nitrogen and oxygen atoms in total. The van der Waals surface area contributed by atoms with Crippen LogP contribution < -0.4 is 4.74 Å². The van der Waals surface area contributed by atoms with Crippen molar-refractivity contribution in [3.8, 4) is 5.75 Å². The average molecular weight is 338 g/mol. The zero-order valence-corrected chi connectivity index (χ0v) is 11.9. The van der Waals surface area contributed by atoms with Crippen molar-refractivity contribution in [3.63, 3.8) is 0 Å². The highest BCUT2D eigenvalue weighted by Gasteiger charge is 2.33. The number of alkyl halides is 3. The summed E-state index contributed by atoms with van der Waals surface area (Å²) in [5, 5.41) is 0. The predicted molar refractivity (Wildman–Crippen MR) is 70.3 cm³/mol. The van der Waals surface area contributed by atoms with E-state index in [2.05, 4.69) is 15.9 Å². The third-order valence-corrected chi connectivity index (χ3v) is 3.65. The van der Waals surface area contributed by atoms with E-state index in [-0.39, 0.29) is 6.10 Å². The van der Waals surface area contributed by atoms with Crippen LogP contribution in [0.1, 0.15) is 12.8 Å². The van der Waals surface area contributed by atoms with E-state index in [4.69, 9.17) is 4.74 Å². The topological polar surface area (TPSA) is 12.5 Å². The summed E-state index contributed by atoms with van der Waals surface area (Å²) < 4.78 is 43.7. The van der Waals surface area contributed by atoms with Gasteiger partial charge in [-0.2, -0.15) is 13.2 Å². The minimum Gasteiger partial charge on any atom is -0.488 e. The quantitative estimate of drug-likeness (QED) is 0.830. The van der Waals surface area contributed by atoms with Crippen LogP contribution in [0.5, 0.6) is 5.75 Å². The zero-order chi connectivity index (χ0) is 13.9. The summed E-state index contributed by atoms with van der Waals surface area (Å²) >= 11 is 3.37. The maximum atomic E-state index is 12.4. The third-order valence-electron chi connectivity index (χ3n) is 3.00. The first kappa shape index (κ1) is 14.7. The van der Waals surface area contributed by atoms with Gasteiger partial charge in [-0.05, 0) is 47.4 Å². The highest BCUT2D eigenvalue weighted by Crippen LogP contribution is 2.27. The zero-order valence-electron chi connectivity index (χ0n) is 10.3. The lowest BCUT2D eigenvalue weighted by molar-refractivity contribution is -0.150. The third kappa shape index (κ3) is 4.69. The van der Waals surface area contributed by atoms with Gasteiger partial charge in [0.25, 0.3) is 0 Å². The van der Waals surface area contributed by atoms with Crippen molar-refractivity contribution in [1.82, 2.24) is 4.90 Å². The Hall–Kier alpha value is -0.750. The lowest BCUT2D eigenvalue weighted by Gasteiger charge is -2.33. The molecule has 0 N–H and O–H groups in total. The van der Waals surface area contributed by atoms with Gasteiger partial charge in [0.1, 0.15) is 11.9 Å². The van der Waals surface area contributed by atoms with Gasteiger partial charge < -0.3 is 4.74 Å². The summed E-state index contributed by atoms with van der Waals surface area (Å²) in [5.41, 5.74) is 0. The molecule has 0 aromatic heterocycles. The lowest BCUT2D eigenvalue weighted by atomic mass is 10.1. The number of hydrogen-bond acceptors (Lipinski definition) is 2. The summed E-state index contributed by atoms with van der Waals surface area (Å²) in [5.74, 6) is 0.682. The van der Waals surface area contributed by atoms with Crippen LogP contribution in [0.2, 0.25) is 0 Å². The summed E-state index contributed by atoms with van der Waals surface area (Å²) in [7, 11) is 0. The van der Waals surface area contributed by atoms with Crippen molar-refractivity contribution in [2.24, 2.45) is 0 Å². The standard InChI is InChI=1S/C13H15BrF3NO/c14-11-5-1-2-6-12(11)19-10-4-3-7-18(8-10)9-13(15,16)17/h1-2,5-6,10H,3-4,7-9H2/t10-/m0/s1. The SMILES string of the molecule is FC(F)(F)CN1CCC[C@H](Oc2ccccc2Br)C1. The Morgan fingerprint density at radius 2 is 2.05 bits per heavy atom. The Morgan fingerprint density at radius 1 is 1.32 bits per heavy atom. The highest BCUT2D eigenvalue weighted by atomic mass is 79.9. The second-order valence-corrected chi connectivity index (χ2v) is 5.52. The van der Waals surface area contributed by atoms with Crippen molar-refractivity contribution in [2.75, 3.05) is 19.6 Å². The van der Waals surface area contributed by atoms with Gasteiger partial charge in [-0.15, -0.1) is 0 Å². The van der Waals surface area contributed by atoms with Crippen LogP contribution in [-0.2, 0) is 0 Å². The summed E-state index contributed by atoms with van der Waals surface area (Å²) in [6.07, 6.45) is -2.81. The number of piperidine rings is 1. The molecule has 1 atom stereocenters. The molecule has 1 fully saturated rings. The maximum Gasteiger partial charge on any atom is 0.401 e. The molecule has 0 amide bonds. The number of para-hydroxylation sites is 1. The molecule has 0 bridgehead atoms. The summed E-state index contributed by atoms with van der Waals surface area (Å²) in [6, 6.07) is 7.38. The highest BCUT2D eigenvalue weighted by molar-refractivity contribution is 9.10. The van der Waals surface area contributed by atoms with Crippen LogP contribution in [0.15, 0.2) is 28.7 Å². The second-order valence-electron chi connectivity index (χ2n) is 4.66. The minimum atomic E-state index is -4.14. The van der Waals surface area contributed by atoms with E-state index in [1.807, 2.05) is 24.3 Å². The van der Waals surface area contributed by atoms with E-state index in [9.17, 15) is 13.2 Å². The Balaban J connectivity index is 1.93. The first-order chi connectivity index (χ1) is 8.94. The molecular weight excluding hydrogens is 323 g/mol. The van der Waals surface area contributed by atoms with E-state index < -0.39 is 12.7 Å². The number of hydrogen-bond donors (Lipinski definition) is 0. The lowest BCUT2D eigenvalue weighted by Crippen LogP contribution is -2.45. The van der Waals surface area contributed by atoms with Gasteiger partial charge in [0, 0.05) is 6.54 Å². The van der Waals surface area contributed by atoms with Gasteiger partial charge in [0.15, 0.2) is 0 Å². The molecule has 0 aliphatic carbocycles. The molecule has 0 unspecified atom stereocenters. The predicted octanol–water partition coefficient (Wildman–Crippen LogP) is 3.85. The molecule has 1 aromatic carbocycles. The molecule has 0 spiro atoms. The normalized spacial score (nSPS) is 21.4. The first-order valence-electron chi connectivity index (χ1n) is 6.14. The maximum absolute atomic E-state index is 12.4. The number of nitrogens with zero attached hydrogens (tertiary/aromatic N) is 1. The first-order valence-corrected chi connectivity index (χ1v) is 6.93.